The maximum absolute atomic E-state index is 12.7. The molecule has 152 valence electrons. The lowest BCUT2D eigenvalue weighted by atomic mass is 9.80. The number of fused-ring (bicyclic) bond motifs is 3. The van der Waals surface area contributed by atoms with Gasteiger partial charge in [-0.05, 0) is 53.1 Å². The number of ether oxygens (including phenoxy) is 2. The smallest absolute Gasteiger partial charge is 0.367 e. The average Bonchev–Trinajstić information content (AvgIpc) is 3.07. The van der Waals surface area contributed by atoms with Gasteiger partial charge in [0.1, 0.15) is 6.61 Å². The molecule has 0 atom stereocenters. The lowest BCUT2D eigenvalue weighted by molar-refractivity contribution is 0.0447. The van der Waals surface area contributed by atoms with Crippen LogP contribution in [0.5, 0.6) is 0 Å². The Bertz CT molecular complexity index is 1020. The quantitative estimate of drug-likeness (QED) is 0.481. The molecule has 4 rings (SSSR count). The standard InChI is InChI=1S/C25H22O4S/c1-2-28-24(27)30-17-25(16-29-23(26)18-10-4-3-5-11-18)21-14-8-6-12-19(21)20-13-7-9-15-22(20)25/h3-15H,2,16-17H2,1H3. The summed E-state index contributed by atoms with van der Waals surface area (Å²) in [5.41, 5.74) is 4.20. The van der Waals surface area contributed by atoms with Gasteiger partial charge in [0, 0.05) is 5.75 Å². The van der Waals surface area contributed by atoms with Crippen molar-refractivity contribution in [2.45, 2.75) is 12.3 Å². The zero-order chi connectivity index (χ0) is 21.0. The van der Waals surface area contributed by atoms with Crippen LogP contribution in [0.25, 0.3) is 11.1 Å². The molecule has 0 aromatic heterocycles. The van der Waals surface area contributed by atoms with Crippen LogP contribution in [0.4, 0.5) is 4.79 Å². The molecule has 0 amide bonds. The molecular weight excluding hydrogens is 396 g/mol. The Morgan fingerprint density at radius 1 is 0.800 bits per heavy atom. The lowest BCUT2D eigenvalue weighted by Gasteiger charge is -2.31. The number of esters is 1. The summed E-state index contributed by atoms with van der Waals surface area (Å²) in [7, 11) is 0. The van der Waals surface area contributed by atoms with E-state index >= 15 is 0 Å². The van der Waals surface area contributed by atoms with E-state index in [9.17, 15) is 9.59 Å². The van der Waals surface area contributed by atoms with E-state index < -0.39 is 5.41 Å². The fraction of sp³-hybridized carbons (Fsp3) is 0.200. The Morgan fingerprint density at radius 3 is 1.97 bits per heavy atom. The third-order valence-electron chi connectivity index (χ3n) is 5.33. The molecule has 1 aliphatic rings. The molecule has 3 aromatic carbocycles. The van der Waals surface area contributed by atoms with Gasteiger partial charge in [0.05, 0.1) is 17.6 Å². The molecule has 0 radical (unpaired) electrons. The van der Waals surface area contributed by atoms with Gasteiger partial charge >= 0.3 is 11.3 Å². The summed E-state index contributed by atoms with van der Waals surface area (Å²) in [6.07, 6.45) is 0. The van der Waals surface area contributed by atoms with E-state index in [0.717, 1.165) is 34.0 Å². The number of carbonyl (C=O) groups is 2. The number of rotatable bonds is 6. The van der Waals surface area contributed by atoms with Crippen molar-refractivity contribution in [2.24, 2.45) is 0 Å². The fourth-order valence-corrected chi connectivity index (χ4v) is 4.92. The summed E-state index contributed by atoms with van der Waals surface area (Å²) in [6.45, 7) is 2.26. The second kappa shape index (κ2) is 8.76. The van der Waals surface area contributed by atoms with Gasteiger partial charge in [-0.25, -0.2) is 9.59 Å². The van der Waals surface area contributed by atoms with Crippen molar-refractivity contribution in [2.75, 3.05) is 19.0 Å². The topological polar surface area (TPSA) is 52.6 Å². The van der Waals surface area contributed by atoms with Gasteiger partial charge in [-0.3, -0.25) is 0 Å². The molecular formula is C25H22O4S. The van der Waals surface area contributed by atoms with Crippen molar-refractivity contribution in [3.63, 3.8) is 0 Å². The molecule has 0 aliphatic heterocycles. The third kappa shape index (κ3) is 3.73. The Hall–Kier alpha value is -3.05. The first-order chi connectivity index (χ1) is 14.7. The van der Waals surface area contributed by atoms with Crippen LogP contribution in [-0.2, 0) is 14.9 Å². The first-order valence-corrected chi connectivity index (χ1v) is 10.9. The van der Waals surface area contributed by atoms with Crippen molar-refractivity contribution >= 4 is 23.0 Å². The van der Waals surface area contributed by atoms with Crippen molar-refractivity contribution in [3.05, 3.63) is 95.6 Å². The predicted molar refractivity (Wildman–Crippen MR) is 119 cm³/mol. The molecule has 0 bridgehead atoms. The highest BCUT2D eigenvalue weighted by molar-refractivity contribution is 8.13. The molecule has 30 heavy (non-hydrogen) atoms. The minimum atomic E-state index is -0.630. The van der Waals surface area contributed by atoms with E-state index in [2.05, 4.69) is 24.3 Å². The van der Waals surface area contributed by atoms with E-state index in [1.165, 1.54) is 0 Å². The summed E-state index contributed by atoms with van der Waals surface area (Å²) >= 11 is 1.12. The van der Waals surface area contributed by atoms with Gasteiger partial charge in [-0.2, -0.15) is 0 Å². The molecule has 0 N–H and O–H groups in total. The number of benzene rings is 3. The molecule has 1 aliphatic carbocycles. The van der Waals surface area contributed by atoms with Crippen LogP contribution < -0.4 is 0 Å². The van der Waals surface area contributed by atoms with Crippen LogP contribution in [0.2, 0.25) is 0 Å². The Balaban J connectivity index is 1.71. The number of hydrogen-bond acceptors (Lipinski definition) is 5. The van der Waals surface area contributed by atoms with Crippen molar-refractivity contribution in [1.29, 1.82) is 0 Å². The molecule has 0 saturated heterocycles. The monoisotopic (exact) mass is 418 g/mol. The number of hydrogen-bond donors (Lipinski definition) is 0. The van der Waals surface area contributed by atoms with E-state index in [4.69, 9.17) is 9.47 Å². The van der Waals surface area contributed by atoms with Crippen LogP contribution in [0.3, 0.4) is 0 Å². The zero-order valence-electron chi connectivity index (χ0n) is 16.7. The Labute approximate surface area is 180 Å². The van der Waals surface area contributed by atoms with E-state index in [1.54, 1.807) is 19.1 Å². The van der Waals surface area contributed by atoms with Crippen LogP contribution in [0.1, 0.15) is 28.4 Å². The van der Waals surface area contributed by atoms with Crippen LogP contribution in [0, 0.1) is 0 Å². The molecule has 0 saturated carbocycles. The summed E-state index contributed by atoms with van der Waals surface area (Å²) in [6, 6.07) is 25.2. The average molecular weight is 419 g/mol. The second-order valence-corrected chi connectivity index (χ2v) is 8.00. The van der Waals surface area contributed by atoms with Crippen LogP contribution in [-0.4, -0.2) is 30.2 Å². The highest BCUT2D eigenvalue weighted by Gasteiger charge is 2.44. The van der Waals surface area contributed by atoms with Gasteiger partial charge < -0.3 is 9.47 Å². The largest absolute Gasteiger partial charge is 0.461 e. The summed E-state index contributed by atoms with van der Waals surface area (Å²) in [4.78, 5) is 24.8. The third-order valence-corrected chi connectivity index (χ3v) is 6.32. The molecule has 0 heterocycles. The molecule has 4 nitrogen and oxygen atoms in total. The number of carbonyl (C=O) groups excluding carboxylic acids is 2. The second-order valence-electron chi connectivity index (χ2n) is 7.09. The molecule has 0 fully saturated rings. The molecule has 3 aromatic rings. The number of thioether (sulfide) groups is 1. The summed E-state index contributed by atoms with van der Waals surface area (Å²) < 4.78 is 11.0. The minimum Gasteiger partial charge on any atom is -0.461 e. The van der Waals surface area contributed by atoms with Crippen LogP contribution in [0.15, 0.2) is 78.9 Å². The fourth-order valence-electron chi connectivity index (χ4n) is 3.96. The van der Waals surface area contributed by atoms with Crippen molar-refractivity contribution in [1.82, 2.24) is 0 Å². The van der Waals surface area contributed by atoms with Gasteiger partial charge in [-0.15, -0.1) is 0 Å². The molecule has 5 heteroatoms. The van der Waals surface area contributed by atoms with E-state index in [0.29, 0.717) is 17.9 Å². The van der Waals surface area contributed by atoms with Crippen LogP contribution >= 0.6 is 11.8 Å². The highest BCUT2D eigenvalue weighted by atomic mass is 32.2. The highest BCUT2D eigenvalue weighted by Crippen LogP contribution is 2.50. The first kappa shape index (κ1) is 20.2. The lowest BCUT2D eigenvalue weighted by Crippen LogP contribution is -2.35. The summed E-state index contributed by atoms with van der Waals surface area (Å²) in [5.74, 6) is 0.0417. The van der Waals surface area contributed by atoms with Gasteiger partial charge in [0.15, 0.2) is 0 Å². The summed E-state index contributed by atoms with van der Waals surface area (Å²) in [5, 5.41) is -0.326. The Morgan fingerprint density at radius 2 is 1.37 bits per heavy atom. The van der Waals surface area contributed by atoms with Crippen molar-refractivity contribution < 1.29 is 19.1 Å². The normalized spacial score (nSPS) is 13.2. The predicted octanol–water partition coefficient (Wildman–Crippen LogP) is 5.70. The SMILES string of the molecule is CCOC(=O)SCC1(COC(=O)c2ccccc2)c2ccccc2-c2ccccc21. The minimum absolute atomic E-state index is 0.140. The van der Waals surface area contributed by atoms with Crippen molar-refractivity contribution in [3.8, 4) is 11.1 Å². The Kier molecular flexibility index (Phi) is 5.91. The maximum atomic E-state index is 12.7. The van der Waals surface area contributed by atoms with Gasteiger partial charge in [-0.1, -0.05) is 66.7 Å². The first-order valence-electron chi connectivity index (χ1n) is 9.87. The van der Waals surface area contributed by atoms with Gasteiger partial charge in [0.25, 0.3) is 0 Å². The maximum Gasteiger partial charge on any atom is 0.367 e. The molecule has 0 spiro atoms. The van der Waals surface area contributed by atoms with Gasteiger partial charge in [0.2, 0.25) is 0 Å². The van der Waals surface area contributed by atoms with E-state index in [1.807, 2.05) is 42.5 Å². The molecule has 0 unspecified atom stereocenters. The van der Waals surface area contributed by atoms with E-state index in [-0.39, 0.29) is 17.9 Å². The zero-order valence-corrected chi connectivity index (χ0v) is 17.5.